The molecule has 0 atom stereocenters. The van der Waals surface area contributed by atoms with Gasteiger partial charge in [0.2, 0.25) is 11.8 Å². The van der Waals surface area contributed by atoms with Crippen LogP contribution in [0.3, 0.4) is 0 Å². The Balaban J connectivity index is 0.00000122. The van der Waals surface area contributed by atoms with Gasteiger partial charge >= 0.3 is 11.9 Å². The molecule has 1 rings (SSSR count). The van der Waals surface area contributed by atoms with E-state index in [1.165, 1.54) is 12.8 Å². The topological polar surface area (TPSA) is 127 Å². The number of amides is 2. The van der Waals surface area contributed by atoms with Gasteiger partial charge in [0.05, 0.1) is 13.1 Å². The smallest absolute Gasteiger partial charge is 0.414 e. The van der Waals surface area contributed by atoms with Crippen LogP contribution in [0, 0.1) is 11.8 Å². The lowest BCUT2D eigenvalue weighted by molar-refractivity contribution is -0.159. The monoisotopic (exact) mass is 425 g/mol. The van der Waals surface area contributed by atoms with E-state index < -0.39 is 11.9 Å². The van der Waals surface area contributed by atoms with E-state index in [9.17, 15) is 9.59 Å². The average molecular weight is 426 g/mol. The van der Waals surface area contributed by atoms with Gasteiger partial charge in [0, 0.05) is 26.9 Å². The molecule has 1 aliphatic heterocycles. The molecule has 0 spiro atoms. The van der Waals surface area contributed by atoms with E-state index in [1.54, 1.807) is 11.8 Å². The highest BCUT2D eigenvalue weighted by atomic mass is 16.4. The molecule has 9 heteroatoms. The highest BCUT2D eigenvalue weighted by Gasteiger charge is 2.09. The van der Waals surface area contributed by atoms with Crippen LogP contribution in [0.2, 0.25) is 0 Å². The standard InChI is InChI=1S/C19H33N3O2.C2H2O4/c1-18(23)20-13-7-5-3-4-6-12-19(24)21(2)14-8-9-15-22-16-10-11-17-22;3-1(4)2(5)6/h3-7,10-17H2,1-2H3,(H,20,23);(H,3,4)(H,5,6). The summed E-state index contributed by atoms with van der Waals surface area (Å²) >= 11 is 0. The maximum atomic E-state index is 12.0. The first kappa shape index (κ1) is 27.4. The molecule has 2 amide bonds. The molecule has 0 bridgehead atoms. The molecule has 170 valence electrons. The summed E-state index contributed by atoms with van der Waals surface area (Å²) < 4.78 is 0. The molecule has 0 radical (unpaired) electrons. The fourth-order valence-corrected chi connectivity index (χ4v) is 2.76. The summed E-state index contributed by atoms with van der Waals surface area (Å²) in [5.74, 6) is 2.85. The Bertz CT molecular complexity index is 594. The van der Waals surface area contributed by atoms with Crippen LogP contribution in [-0.2, 0) is 19.2 Å². The number of hydrogen-bond acceptors (Lipinski definition) is 5. The van der Waals surface area contributed by atoms with E-state index in [0.717, 1.165) is 58.3 Å². The number of aliphatic carboxylic acids is 2. The average Bonchev–Trinajstić information content (AvgIpc) is 3.20. The Morgan fingerprint density at radius 1 is 0.933 bits per heavy atom. The van der Waals surface area contributed by atoms with Crippen molar-refractivity contribution in [3.8, 4) is 11.8 Å². The summed E-state index contributed by atoms with van der Waals surface area (Å²) in [6, 6.07) is 0. The van der Waals surface area contributed by atoms with Gasteiger partial charge in [-0.15, -0.1) is 0 Å². The SMILES string of the molecule is CC(=O)NCCCCCCCC(=O)N(C)CC#CCN1CCCC1.O=C(O)C(=O)O. The fraction of sp³-hybridized carbons (Fsp3) is 0.714. The first-order valence-corrected chi connectivity index (χ1v) is 10.4. The van der Waals surface area contributed by atoms with Crippen molar-refractivity contribution in [2.24, 2.45) is 0 Å². The van der Waals surface area contributed by atoms with Crippen molar-refractivity contribution in [1.29, 1.82) is 0 Å². The first-order chi connectivity index (χ1) is 14.2. The molecule has 30 heavy (non-hydrogen) atoms. The third kappa shape index (κ3) is 16.4. The van der Waals surface area contributed by atoms with Crippen LogP contribution in [0.1, 0.15) is 58.3 Å². The molecule has 0 aromatic heterocycles. The van der Waals surface area contributed by atoms with E-state index in [2.05, 4.69) is 22.1 Å². The number of likely N-dealkylation sites (tertiary alicyclic amines) is 1. The first-order valence-electron chi connectivity index (χ1n) is 10.4. The molecule has 1 heterocycles. The Hall–Kier alpha value is -2.60. The predicted molar refractivity (Wildman–Crippen MR) is 113 cm³/mol. The van der Waals surface area contributed by atoms with Crippen LogP contribution in [0.15, 0.2) is 0 Å². The molecular formula is C21H35N3O6. The van der Waals surface area contributed by atoms with Crippen LogP contribution in [0.4, 0.5) is 0 Å². The molecule has 0 saturated carbocycles. The number of carbonyl (C=O) groups excluding carboxylic acids is 2. The van der Waals surface area contributed by atoms with E-state index >= 15 is 0 Å². The summed E-state index contributed by atoms with van der Waals surface area (Å²) in [5, 5.41) is 17.6. The molecular weight excluding hydrogens is 390 g/mol. The second-order valence-electron chi connectivity index (χ2n) is 7.20. The zero-order valence-electron chi connectivity index (χ0n) is 18.1. The van der Waals surface area contributed by atoms with Crippen molar-refractivity contribution in [3.05, 3.63) is 0 Å². The van der Waals surface area contributed by atoms with Gasteiger partial charge in [0.15, 0.2) is 0 Å². The summed E-state index contributed by atoms with van der Waals surface area (Å²) in [7, 11) is 1.83. The van der Waals surface area contributed by atoms with Gasteiger partial charge < -0.3 is 20.4 Å². The number of rotatable bonds is 10. The van der Waals surface area contributed by atoms with E-state index in [-0.39, 0.29) is 11.8 Å². The second kappa shape index (κ2) is 17.3. The van der Waals surface area contributed by atoms with Crippen molar-refractivity contribution in [2.45, 2.75) is 58.3 Å². The third-order valence-electron chi connectivity index (χ3n) is 4.49. The van der Waals surface area contributed by atoms with Crippen LogP contribution in [0.25, 0.3) is 0 Å². The van der Waals surface area contributed by atoms with Crippen LogP contribution in [0.5, 0.6) is 0 Å². The lowest BCUT2D eigenvalue weighted by Crippen LogP contribution is -2.27. The Morgan fingerprint density at radius 3 is 2.07 bits per heavy atom. The van der Waals surface area contributed by atoms with Crippen LogP contribution >= 0.6 is 0 Å². The number of carboxylic acid groups (broad SMARTS) is 2. The molecule has 1 fully saturated rings. The van der Waals surface area contributed by atoms with Crippen LogP contribution in [-0.4, -0.2) is 83.5 Å². The minimum absolute atomic E-state index is 0.0344. The minimum Gasteiger partial charge on any atom is -0.473 e. The van der Waals surface area contributed by atoms with Crippen molar-refractivity contribution in [1.82, 2.24) is 15.1 Å². The third-order valence-corrected chi connectivity index (χ3v) is 4.49. The summed E-state index contributed by atoms with van der Waals surface area (Å²) in [4.78, 5) is 45.0. The van der Waals surface area contributed by atoms with Crippen LogP contribution < -0.4 is 5.32 Å². The zero-order valence-corrected chi connectivity index (χ0v) is 18.1. The molecule has 0 aliphatic carbocycles. The van der Waals surface area contributed by atoms with Crippen molar-refractivity contribution in [2.75, 3.05) is 39.8 Å². The molecule has 0 aromatic rings. The highest BCUT2D eigenvalue weighted by molar-refractivity contribution is 6.27. The maximum absolute atomic E-state index is 12.0. The quantitative estimate of drug-likeness (QED) is 0.272. The van der Waals surface area contributed by atoms with E-state index in [4.69, 9.17) is 19.8 Å². The largest absolute Gasteiger partial charge is 0.473 e. The number of unbranched alkanes of at least 4 members (excludes halogenated alkanes) is 4. The predicted octanol–water partition coefficient (Wildman–Crippen LogP) is 1.18. The Kier molecular flexibility index (Phi) is 15.8. The number of carbonyl (C=O) groups is 4. The van der Waals surface area contributed by atoms with Gasteiger partial charge in [-0.2, -0.15) is 0 Å². The van der Waals surface area contributed by atoms with Gasteiger partial charge in [0.1, 0.15) is 0 Å². The molecule has 1 saturated heterocycles. The lowest BCUT2D eigenvalue weighted by atomic mass is 10.1. The molecule has 3 N–H and O–H groups in total. The normalized spacial score (nSPS) is 12.7. The number of carboxylic acids is 2. The van der Waals surface area contributed by atoms with Crippen molar-refractivity contribution < 1.29 is 29.4 Å². The fourth-order valence-electron chi connectivity index (χ4n) is 2.76. The van der Waals surface area contributed by atoms with E-state index in [0.29, 0.717) is 13.0 Å². The van der Waals surface area contributed by atoms with Crippen molar-refractivity contribution in [3.63, 3.8) is 0 Å². The Labute approximate surface area is 178 Å². The van der Waals surface area contributed by atoms with E-state index in [1.807, 2.05) is 7.05 Å². The summed E-state index contributed by atoms with van der Waals surface area (Å²) in [6.45, 7) is 5.98. The number of hydrogen-bond donors (Lipinski definition) is 3. The van der Waals surface area contributed by atoms with Gasteiger partial charge in [-0.3, -0.25) is 14.5 Å². The minimum atomic E-state index is -1.82. The maximum Gasteiger partial charge on any atom is 0.414 e. The Morgan fingerprint density at radius 2 is 1.50 bits per heavy atom. The summed E-state index contributed by atoms with van der Waals surface area (Å²) in [6.07, 6.45) is 8.42. The molecule has 0 unspecified atom stereocenters. The van der Waals surface area contributed by atoms with Crippen molar-refractivity contribution >= 4 is 23.8 Å². The summed E-state index contributed by atoms with van der Waals surface area (Å²) in [5.41, 5.74) is 0. The van der Waals surface area contributed by atoms with Gasteiger partial charge in [-0.1, -0.05) is 31.1 Å². The molecule has 9 nitrogen and oxygen atoms in total. The second-order valence-corrected chi connectivity index (χ2v) is 7.20. The molecule has 0 aromatic carbocycles. The van der Waals surface area contributed by atoms with Gasteiger partial charge in [-0.25, -0.2) is 9.59 Å². The van der Waals surface area contributed by atoms with Gasteiger partial charge in [0.25, 0.3) is 0 Å². The lowest BCUT2D eigenvalue weighted by Gasteiger charge is -2.14. The van der Waals surface area contributed by atoms with Gasteiger partial charge in [-0.05, 0) is 38.8 Å². The highest BCUT2D eigenvalue weighted by Crippen LogP contribution is 2.07. The number of nitrogens with zero attached hydrogens (tertiary/aromatic N) is 2. The number of nitrogens with one attached hydrogen (secondary N) is 1. The zero-order chi connectivity index (χ0) is 22.8. The molecule has 1 aliphatic rings.